The molecule has 0 aliphatic rings. The van der Waals surface area contributed by atoms with Crippen molar-refractivity contribution < 1.29 is 19.1 Å². The second-order valence-electron chi connectivity index (χ2n) is 4.40. The maximum absolute atomic E-state index is 13.1. The Bertz CT molecular complexity index is 491. The van der Waals surface area contributed by atoms with E-state index in [4.69, 9.17) is 10.8 Å². The predicted octanol–water partition coefficient (Wildman–Crippen LogP) is 1.84. The lowest BCUT2D eigenvalue weighted by Crippen LogP contribution is -2.40. The number of nitrogens with one attached hydrogen (secondary N) is 1. The molecule has 1 amide bonds. The van der Waals surface area contributed by atoms with E-state index in [1.54, 1.807) is 0 Å². The van der Waals surface area contributed by atoms with Gasteiger partial charge >= 0.3 is 5.97 Å². The fraction of sp³-hybridized carbons (Fsp3) is 0.385. The molecule has 19 heavy (non-hydrogen) atoms. The summed E-state index contributed by atoms with van der Waals surface area (Å²) in [5.41, 5.74) is 5.47. The number of benzene rings is 1. The number of amides is 1. The first-order chi connectivity index (χ1) is 8.86. The summed E-state index contributed by atoms with van der Waals surface area (Å²) >= 11 is 0. The first-order valence-electron chi connectivity index (χ1n) is 5.96. The zero-order chi connectivity index (χ0) is 14.6. The Morgan fingerprint density at radius 1 is 1.47 bits per heavy atom. The maximum atomic E-state index is 13.1. The van der Waals surface area contributed by atoms with Crippen molar-refractivity contribution in [2.24, 2.45) is 11.7 Å². The van der Waals surface area contributed by atoms with Crippen LogP contribution in [-0.4, -0.2) is 23.0 Å². The molecule has 6 heteroatoms. The minimum absolute atomic E-state index is 0.0539. The number of hydrogen-bond acceptors (Lipinski definition) is 3. The van der Waals surface area contributed by atoms with Gasteiger partial charge in [0.05, 0.1) is 17.3 Å². The quantitative estimate of drug-likeness (QED) is 0.759. The van der Waals surface area contributed by atoms with E-state index in [1.807, 2.05) is 13.8 Å². The van der Waals surface area contributed by atoms with Crippen LogP contribution in [0.25, 0.3) is 0 Å². The van der Waals surface area contributed by atoms with Crippen molar-refractivity contribution in [2.75, 3.05) is 5.32 Å². The molecule has 0 aliphatic heterocycles. The van der Waals surface area contributed by atoms with Gasteiger partial charge in [-0.15, -0.1) is 0 Å². The van der Waals surface area contributed by atoms with Crippen LogP contribution in [0.3, 0.4) is 0 Å². The van der Waals surface area contributed by atoms with Gasteiger partial charge in [0.1, 0.15) is 5.82 Å². The number of rotatable bonds is 5. The van der Waals surface area contributed by atoms with E-state index in [2.05, 4.69) is 5.32 Å². The Morgan fingerprint density at radius 3 is 2.63 bits per heavy atom. The molecule has 104 valence electrons. The van der Waals surface area contributed by atoms with E-state index < -0.39 is 23.7 Å². The van der Waals surface area contributed by atoms with Crippen LogP contribution in [0.2, 0.25) is 0 Å². The van der Waals surface area contributed by atoms with E-state index in [1.165, 1.54) is 0 Å². The number of carbonyl (C=O) groups is 2. The summed E-state index contributed by atoms with van der Waals surface area (Å²) in [4.78, 5) is 22.8. The smallest absolute Gasteiger partial charge is 0.337 e. The van der Waals surface area contributed by atoms with Crippen LogP contribution in [0.4, 0.5) is 10.1 Å². The Kier molecular flexibility index (Phi) is 5.00. The topological polar surface area (TPSA) is 92.4 Å². The molecule has 0 aromatic heterocycles. The summed E-state index contributed by atoms with van der Waals surface area (Å²) in [6.07, 6.45) is 0.712. The molecule has 0 saturated heterocycles. The van der Waals surface area contributed by atoms with Crippen LogP contribution in [0.15, 0.2) is 18.2 Å². The molecule has 1 aromatic rings. The van der Waals surface area contributed by atoms with Gasteiger partial charge in [0.2, 0.25) is 5.91 Å². The van der Waals surface area contributed by atoms with Gasteiger partial charge < -0.3 is 16.2 Å². The summed E-state index contributed by atoms with van der Waals surface area (Å²) in [7, 11) is 0. The summed E-state index contributed by atoms with van der Waals surface area (Å²) in [6, 6.07) is 2.32. The number of nitrogens with two attached hydrogens (primary N) is 1. The number of carboxylic acid groups (broad SMARTS) is 1. The molecule has 0 radical (unpaired) electrons. The minimum Gasteiger partial charge on any atom is -0.478 e. The maximum Gasteiger partial charge on any atom is 0.337 e. The third kappa shape index (κ3) is 3.75. The van der Waals surface area contributed by atoms with Gasteiger partial charge in [-0.05, 0) is 24.1 Å². The predicted molar refractivity (Wildman–Crippen MR) is 69.4 cm³/mol. The summed E-state index contributed by atoms with van der Waals surface area (Å²) < 4.78 is 13.1. The SMILES string of the molecule is CC[C@H](C)[C@H](N)C(=O)Nc1cc(F)ccc1C(=O)O. The number of hydrogen-bond donors (Lipinski definition) is 3. The lowest BCUT2D eigenvalue weighted by atomic mass is 9.99. The van der Waals surface area contributed by atoms with Crippen molar-refractivity contribution in [1.82, 2.24) is 0 Å². The van der Waals surface area contributed by atoms with Crippen LogP contribution in [-0.2, 0) is 4.79 Å². The van der Waals surface area contributed by atoms with E-state index in [-0.39, 0.29) is 17.2 Å². The van der Waals surface area contributed by atoms with Crippen molar-refractivity contribution in [3.05, 3.63) is 29.6 Å². The zero-order valence-electron chi connectivity index (χ0n) is 10.8. The highest BCUT2D eigenvalue weighted by Crippen LogP contribution is 2.18. The van der Waals surface area contributed by atoms with Crippen molar-refractivity contribution >= 4 is 17.6 Å². The number of halogens is 1. The van der Waals surface area contributed by atoms with Gasteiger partial charge in [-0.3, -0.25) is 4.79 Å². The fourth-order valence-corrected chi connectivity index (χ4v) is 1.53. The van der Waals surface area contributed by atoms with E-state index in [0.717, 1.165) is 18.2 Å². The second kappa shape index (κ2) is 6.29. The number of carboxylic acids is 1. The second-order valence-corrected chi connectivity index (χ2v) is 4.40. The van der Waals surface area contributed by atoms with Crippen LogP contribution in [0.5, 0.6) is 0 Å². The standard InChI is InChI=1S/C13H17FN2O3/c1-3-7(2)11(15)12(17)16-10-6-8(14)4-5-9(10)13(18)19/h4-7,11H,3,15H2,1-2H3,(H,16,17)(H,18,19)/t7-,11-/m0/s1. The van der Waals surface area contributed by atoms with Gasteiger partial charge in [0.15, 0.2) is 0 Å². The average Bonchev–Trinajstić information content (AvgIpc) is 2.36. The Labute approximate surface area is 110 Å². The fourth-order valence-electron chi connectivity index (χ4n) is 1.53. The molecule has 0 aliphatic carbocycles. The molecule has 0 saturated carbocycles. The molecule has 1 aromatic carbocycles. The van der Waals surface area contributed by atoms with Crippen molar-refractivity contribution in [3.8, 4) is 0 Å². The normalized spacial score (nSPS) is 13.7. The molecule has 0 heterocycles. The Balaban J connectivity index is 2.95. The zero-order valence-corrected chi connectivity index (χ0v) is 10.8. The van der Waals surface area contributed by atoms with Crippen LogP contribution >= 0.6 is 0 Å². The third-order valence-corrected chi connectivity index (χ3v) is 3.03. The number of anilines is 1. The van der Waals surface area contributed by atoms with E-state index in [9.17, 15) is 14.0 Å². The molecule has 2 atom stereocenters. The highest BCUT2D eigenvalue weighted by atomic mass is 19.1. The van der Waals surface area contributed by atoms with Crippen LogP contribution in [0, 0.1) is 11.7 Å². The van der Waals surface area contributed by atoms with Gasteiger partial charge in [-0.1, -0.05) is 20.3 Å². The van der Waals surface area contributed by atoms with Crippen LogP contribution in [0.1, 0.15) is 30.6 Å². The first kappa shape index (κ1) is 15.1. The molecule has 1 rings (SSSR count). The van der Waals surface area contributed by atoms with Gasteiger partial charge in [0.25, 0.3) is 0 Å². The number of aromatic carboxylic acids is 1. The Hall–Kier alpha value is -1.95. The van der Waals surface area contributed by atoms with Gasteiger partial charge in [0, 0.05) is 0 Å². The largest absolute Gasteiger partial charge is 0.478 e. The first-order valence-corrected chi connectivity index (χ1v) is 5.96. The molecule has 0 fully saturated rings. The monoisotopic (exact) mass is 268 g/mol. The van der Waals surface area contributed by atoms with Gasteiger partial charge in [-0.25, -0.2) is 9.18 Å². The van der Waals surface area contributed by atoms with Crippen molar-refractivity contribution in [2.45, 2.75) is 26.3 Å². The Morgan fingerprint density at radius 2 is 2.11 bits per heavy atom. The molecule has 5 nitrogen and oxygen atoms in total. The molecule has 0 unspecified atom stereocenters. The summed E-state index contributed by atoms with van der Waals surface area (Å²) in [5, 5.41) is 11.3. The summed E-state index contributed by atoms with van der Waals surface area (Å²) in [5.74, 6) is -2.45. The molecule has 0 spiro atoms. The molecule has 0 bridgehead atoms. The molecular weight excluding hydrogens is 251 g/mol. The van der Waals surface area contributed by atoms with Crippen molar-refractivity contribution in [1.29, 1.82) is 0 Å². The lowest BCUT2D eigenvalue weighted by Gasteiger charge is -2.18. The van der Waals surface area contributed by atoms with E-state index >= 15 is 0 Å². The third-order valence-electron chi connectivity index (χ3n) is 3.03. The molecular formula is C13H17FN2O3. The number of carbonyl (C=O) groups excluding carboxylic acids is 1. The highest BCUT2D eigenvalue weighted by molar-refractivity contribution is 6.02. The van der Waals surface area contributed by atoms with E-state index in [0.29, 0.717) is 6.42 Å². The van der Waals surface area contributed by atoms with Crippen molar-refractivity contribution in [3.63, 3.8) is 0 Å². The minimum atomic E-state index is -1.24. The summed E-state index contributed by atoms with van der Waals surface area (Å²) in [6.45, 7) is 3.70. The lowest BCUT2D eigenvalue weighted by molar-refractivity contribution is -0.118. The van der Waals surface area contributed by atoms with Crippen LogP contribution < -0.4 is 11.1 Å². The average molecular weight is 268 g/mol. The highest BCUT2D eigenvalue weighted by Gasteiger charge is 2.21. The molecule has 4 N–H and O–H groups in total. The van der Waals surface area contributed by atoms with Gasteiger partial charge in [-0.2, -0.15) is 0 Å².